The van der Waals surface area contributed by atoms with E-state index in [2.05, 4.69) is 102 Å². The van der Waals surface area contributed by atoms with Gasteiger partial charge in [-0.1, -0.05) is 60.7 Å². The summed E-state index contributed by atoms with van der Waals surface area (Å²) in [7, 11) is 0. The average molecular weight is 376 g/mol. The van der Waals surface area contributed by atoms with Gasteiger partial charge in [-0.3, -0.25) is 0 Å². The molecule has 0 amide bonds. The quantitative estimate of drug-likeness (QED) is 0.525. The highest BCUT2D eigenvalue weighted by Crippen LogP contribution is 2.73. The van der Waals surface area contributed by atoms with E-state index in [9.17, 15) is 0 Å². The van der Waals surface area contributed by atoms with Gasteiger partial charge in [0.15, 0.2) is 0 Å². The van der Waals surface area contributed by atoms with E-state index in [1.807, 2.05) is 0 Å². The van der Waals surface area contributed by atoms with Gasteiger partial charge < -0.3 is 4.90 Å². The Morgan fingerprint density at radius 3 is 2.83 bits per heavy atom. The maximum Gasteiger partial charge on any atom is 0.0533 e. The Morgan fingerprint density at radius 2 is 1.90 bits per heavy atom. The summed E-state index contributed by atoms with van der Waals surface area (Å²) < 4.78 is 0. The molecule has 0 heterocycles. The molecule has 2 unspecified atom stereocenters. The maximum atomic E-state index is 3.44. The molecule has 0 radical (unpaired) electrons. The first-order valence-electron chi connectivity index (χ1n) is 10.8. The molecule has 1 aromatic rings. The fourth-order valence-corrected chi connectivity index (χ4v) is 5.49. The number of hydrogen-bond donors (Lipinski definition) is 0. The second-order valence-corrected chi connectivity index (χ2v) is 8.67. The van der Waals surface area contributed by atoms with Crippen molar-refractivity contribution < 1.29 is 0 Å². The van der Waals surface area contributed by atoms with Crippen molar-refractivity contribution in [3.8, 4) is 0 Å². The molecule has 0 bridgehead atoms. The zero-order valence-electron chi connectivity index (χ0n) is 16.6. The minimum atomic E-state index is 0.0228. The third-order valence-electron chi connectivity index (χ3n) is 7.05. The highest BCUT2D eigenvalue weighted by atomic mass is 15.2. The van der Waals surface area contributed by atoms with Crippen LogP contribution in [0.3, 0.4) is 0 Å². The van der Waals surface area contributed by atoms with Gasteiger partial charge in [0, 0.05) is 27.8 Å². The summed E-state index contributed by atoms with van der Waals surface area (Å²) in [5.41, 5.74) is 10.3. The number of aryl methyl sites for hydroxylation is 1. The summed E-state index contributed by atoms with van der Waals surface area (Å²) >= 11 is 0. The Bertz CT molecular complexity index is 1130. The van der Waals surface area contributed by atoms with E-state index in [1.54, 1.807) is 0 Å². The van der Waals surface area contributed by atoms with E-state index in [0.717, 1.165) is 32.1 Å². The molecule has 1 saturated carbocycles. The largest absolute Gasteiger partial charge is 0.313 e. The fourth-order valence-electron chi connectivity index (χ4n) is 5.49. The topological polar surface area (TPSA) is 3.24 Å². The van der Waals surface area contributed by atoms with Crippen LogP contribution in [0.5, 0.6) is 0 Å². The van der Waals surface area contributed by atoms with Gasteiger partial charge in [-0.2, -0.15) is 0 Å². The van der Waals surface area contributed by atoms with Gasteiger partial charge in [-0.05, 0) is 68.0 Å². The van der Waals surface area contributed by atoms with Crippen molar-refractivity contribution in [1.82, 2.24) is 0 Å². The number of benzene rings is 1. The number of nitrogens with zero attached hydrogens (tertiary/aromatic N) is 1. The molecule has 0 spiro atoms. The Hall–Kier alpha value is -3.02. The Morgan fingerprint density at radius 1 is 0.966 bits per heavy atom. The van der Waals surface area contributed by atoms with Gasteiger partial charge in [-0.25, -0.2) is 0 Å². The van der Waals surface area contributed by atoms with Crippen molar-refractivity contribution in [1.29, 1.82) is 0 Å². The molecule has 2 atom stereocenters. The standard InChI is InChI=1S/C28H25N/c1-2-13-23(14-3-1)29(25-16-10-12-22-11-4-5-15-24(22)25)26-17-6-7-18-27-19-8-9-20-28(26,27)21-27/h2,5-6,8-10,12-20H,1,3-4,11,21H2. The van der Waals surface area contributed by atoms with Crippen LogP contribution in [0.4, 0.5) is 5.69 Å². The van der Waals surface area contributed by atoms with Gasteiger partial charge >= 0.3 is 0 Å². The Balaban J connectivity index is 1.57. The van der Waals surface area contributed by atoms with Gasteiger partial charge in [0.05, 0.1) is 5.69 Å². The lowest BCUT2D eigenvalue weighted by Crippen LogP contribution is -2.30. The molecule has 5 aliphatic rings. The van der Waals surface area contributed by atoms with Crippen molar-refractivity contribution in [3.05, 3.63) is 113 Å². The third-order valence-corrected chi connectivity index (χ3v) is 7.05. The number of anilines is 1. The monoisotopic (exact) mass is 375 g/mol. The maximum absolute atomic E-state index is 3.44. The first kappa shape index (κ1) is 16.9. The van der Waals surface area contributed by atoms with Crippen LogP contribution >= 0.6 is 0 Å². The van der Waals surface area contributed by atoms with Crippen LogP contribution in [-0.4, -0.2) is 0 Å². The first-order chi connectivity index (χ1) is 14.3. The van der Waals surface area contributed by atoms with Gasteiger partial charge in [0.1, 0.15) is 0 Å². The molecule has 0 aromatic heterocycles. The molecule has 142 valence electrons. The fraction of sp³-hybridized carbons (Fsp3) is 0.250. The van der Waals surface area contributed by atoms with Crippen LogP contribution in [0.25, 0.3) is 6.08 Å². The van der Waals surface area contributed by atoms with E-state index in [4.69, 9.17) is 0 Å². The highest BCUT2D eigenvalue weighted by Gasteiger charge is 2.67. The van der Waals surface area contributed by atoms with Crippen LogP contribution in [0.1, 0.15) is 36.8 Å². The van der Waals surface area contributed by atoms with E-state index in [-0.39, 0.29) is 10.8 Å². The minimum Gasteiger partial charge on any atom is -0.313 e. The molecule has 0 N–H and O–H groups in total. The Kier molecular flexibility index (Phi) is 3.63. The average Bonchev–Trinajstić information content (AvgIpc) is 3.48. The van der Waals surface area contributed by atoms with E-state index in [1.165, 1.54) is 28.2 Å². The number of fused-ring (bicyclic) bond motifs is 1. The molecule has 0 saturated heterocycles. The number of rotatable bonds is 3. The lowest BCUT2D eigenvalue weighted by atomic mass is 9.84. The molecular formula is C28H25N. The predicted octanol–water partition coefficient (Wildman–Crippen LogP) is 6.80. The number of hydrogen-bond acceptors (Lipinski definition) is 1. The normalized spacial score (nSPS) is 30.1. The second-order valence-electron chi connectivity index (χ2n) is 8.67. The van der Waals surface area contributed by atoms with E-state index in [0.29, 0.717) is 0 Å². The molecule has 0 aliphatic heterocycles. The molecule has 1 heteroatoms. The lowest BCUT2D eigenvalue weighted by Gasteiger charge is -2.37. The summed E-state index contributed by atoms with van der Waals surface area (Å²) in [6.07, 6.45) is 33.2. The zero-order chi connectivity index (χ0) is 19.3. The molecule has 29 heavy (non-hydrogen) atoms. The summed E-state index contributed by atoms with van der Waals surface area (Å²) in [6.45, 7) is 0. The summed E-state index contributed by atoms with van der Waals surface area (Å²) in [5, 5.41) is 0. The molecule has 5 aliphatic carbocycles. The first-order valence-corrected chi connectivity index (χ1v) is 10.8. The van der Waals surface area contributed by atoms with Gasteiger partial charge in [0.2, 0.25) is 0 Å². The minimum absolute atomic E-state index is 0.0228. The predicted molar refractivity (Wildman–Crippen MR) is 121 cm³/mol. The van der Waals surface area contributed by atoms with Crippen molar-refractivity contribution in [2.24, 2.45) is 10.8 Å². The van der Waals surface area contributed by atoms with E-state index >= 15 is 0 Å². The number of allylic oxidation sites excluding steroid dienone is 10. The van der Waals surface area contributed by atoms with Gasteiger partial charge in [0.25, 0.3) is 0 Å². The second kappa shape index (κ2) is 6.24. The van der Waals surface area contributed by atoms with Crippen LogP contribution in [0, 0.1) is 10.8 Å². The summed E-state index contributed by atoms with van der Waals surface area (Å²) in [5.74, 6) is 0. The van der Waals surface area contributed by atoms with Gasteiger partial charge in [-0.15, -0.1) is 5.73 Å². The molecule has 1 nitrogen and oxygen atoms in total. The molecule has 1 fully saturated rings. The zero-order valence-corrected chi connectivity index (χ0v) is 16.6. The summed E-state index contributed by atoms with van der Waals surface area (Å²) in [4.78, 5) is 2.53. The van der Waals surface area contributed by atoms with Crippen molar-refractivity contribution in [2.45, 2.75) is 32.1 Å². The van der Waals surface area contributed by atoms with Crippen molar-refractivity contribution >= 4 is 11.8 Å². The Labute approximate surface area is 173 Å². The van der Waals surface area contributed by atoms with Crippen LogP contribution in [-0.2, 0) is 6.42 Å². The van der Waals surface area contributed by atoms with E-state index < -0.39 is 0 Å². The van der Waals surface area contributed by atoms with Crippen LogP contribution in [0.15, 0.2) is 102 Å². The third kappa shape index (κ3) is 2.41. The van der Waals surface area contributed by atoms with Crippen LogP contribution in [0.2, 0.25) is 0 Å². The van der Waals surface area contributed by atoms with Crippen molar-refractivity contribution in [3.63, 3.8) is 0 Å². The highest BCUT2D eigenvalue weighted by molar-refractivity contribution is 5.78. The lowest BCUT2D eigenvalue weighted by molar-refractivity contribution is 0.617. The summed E-state index contributed by atoms with van der Waals surface area (Å²) in [6, 6.07) is 6.81. The molecule has 6 rings (SSSR count). The molecular weight excluding hydrogens is 350 g/mol. The smallest absolute Gasteiger partial charge is 0.0533 e. The molecule has 1 aromatic carbocycles. The van der Waals surface area contributed by atoms with Crippen molar-refractivity contribution in [2.75, 3.05) is 4.90 Å². The SMILES string of the molecule is C1=CC=C(N(C2=CCCC=C2)c2cccc3c2C=CCC3)C23C=CC=CC2(C=1)C3. The van der Waals surface area contributed by atoms with Crippen LogP contribution < -0.4 is 4.90 Å².